The summed E-state index contributed by atoms with van der Waals surface area (Å²) >= 11 is 0. The molecule has 1 atom stereocenters. The van der Waals surface area contributed by atoms with Crippen LogP contribution in [0.15, 0.2) is 36.5 Å². The van der Waals surface area contributed by atoms with E-state index in [-0.39, 0.29) is 0 Å². The lowest BCUT2D eigenvalue weighted by atomic mass is 9.78. The van der Waals surface area contributed by atoms with E-state index in [1.165, 1.54) is 17.4 Å². The van der Waals surface area contributed by atoms with Gasteiger partial charge in [0, 0.05) is 17.6 Å². The van der Waals surface area contributed by atoms with Crippen LogP contribution in [-0.2, 0) is 6.42 Å². The number of fused-ring (bicyclic) bond motifs is 1. The number of pyridine rings is 1. The van der Waals surface area contributed by atoms with Crippen molar-refractivity contribution in [2.24, 2.45) is 5.41 Å². The minimum absolute atomic E-state index is 0.291. The maximum atomic E-state index is 4.44. The molecule has 0 aliphatic heterocycles. The van der Waals surface area contributed by atoms with Gasteiger partial charge in [-0.15, -0.1) is 0 Å². The third-order valence-corrected chi connectivity index (χ3v) is 4.37. The molecule has 0 fully saturated rings. The first-order valence-corrected chi connectivity index (χ1v) is 7.08. The molecule has 2 nitrogen and oxygen atoms in total. The third kappa shape index (κ3) is 2.95. The van der Waals surface area contributed by atoms with Gasteiger partial charge in [-0.1, -0.05) is 39.0 Å². The van der Waals surface area contributed by atoms with Crippen LogP contribution in [0.4, 0.5) is 0 Å². The van der Waals surface area contributed by atoms with Gasteiger partial charge in [-0.25, -0.2) is 0 Å². The normalized spacial score (nSPS) is 13.7. The summed E-state index contributed by atoms with van der Waals surface area (Å²) in [5.41, 5.74) is 2.76. The second kappa shape index (κ2) is 5.70. The standard InChI is InChI=1S/C17H24N2/c1-5-17(2,3)16(18-4)12-13-10-11-19-15-9-7-6-8-14(13)15/h6-11,16,18H,5,12H2,1-4H3. The van der Waals surface area contributed by atoms with Crippen molar-refractivity contribution in [3.8, 4) is 0 Å². The van der Waals surface area contributed by atoms with Gasteiger partial charge in [0.15, 0.2) is 0 Å². The molecule has 1 aromatic carbocycles. The van der Waals surface area contributed by atoms with E-state index in [9.17, 15) is 0 Å². The number of aromatic nitrogens is 1. The van der Waals surface area contributed by atoms with Crippen LogP contribution in [0.25, 0.3) is 10.9 Å². The van der Waals surface area contributed by atoms with Crippen molar-refractivity contribution in [1.82, 2.24) is 10.3 Å². The van der Waals surface area contributed by atoms with Crippen LogP contribution >= 0.6 is 0 Å². The Balaban J connectivity index is 2.35. The highest BCUT2D eigenvalue weighted by atomic mass is 14.9. The molecule has 0 saturated carbocycles. The summed E-state index contributed by atoms with van der Waals surface area (Å²) in [6.07, 6.45) is 4.13. The van der Waals surface area contributed by atoms with E-state index in [0.717, 1.165) is 11.9 Å². The molecule has 0 aliphatic carbocycles. The fourth-order valence-corrected chi connectivity index (χ4v) is 2.57. The van der Waals surface area contributed by atoms with Crippen molar-refractivity contribution in [3.63, 3.8) is 0 Å². The first-order chi connectivity index (χ1) is 9.08. The maximum Gasteiger partial charge on any atom is 0.0704 e. The minimum Gasteiger partial charge on any atom is -0.316 e. The van der Waals surface area contributed by atoms with Crippen molar-refractivity contribution in [2.75, 3.05) is 7.05 Å². The van der Waals surface area contributed by atoms with Crippen LogP contribution < -0.4 is 5.32 Å². The van der Waals surface area contributed by atoms with Crippen molar-refractivity contribution < 1.29 is 0 Å². The molecule has 102 valence electrons. The summed E-state index contributed by atoms with van der Waals surface area (Å²) in [7, 11) is 2.06. The maximum absolute atomic E-state index is 4.44. The molecule has 0 aliphatic rings. The molecule has 0 saturated heterocycles. The molecular weight excluding hydrogens is 232 g/mol. The van der Waals surface area contributed by atoms with E-state index in [4.69, 9.17) is 0 Å². The molecule has 1 N–H and O–H groups in total. The molecule has 2 aromatic rings. The molecule has 0 spiro atoms. The van der Waals surface area contributed by atoms with Crippen molar-refractivity contribution >= 4 is 10.9 Å². The Kier molecular flexibility index (Phi) is 4.20. The number of benzene rings is 1. The molecule has 2 heteroatoms. The molecule has 0 radical (unpaired) electrons. The number of likely N-dealkylation sites (N-methyl/N-ethyl adjacent to an activating group) is 1. The van der Waals surface area contributed by atoms with E-state index in [0.29, 0.717) is 11.5 Å². The van der Waals surface area contributed by atoms with Gasteiger partial charge in [0.1, 0.15) is 0 Å². The molecule has 1 unspecified atom stereocenters. The third-order valence-electron chi connectivity index (χ3n) is 4.37. The molecule has 1 heterocycles. The van der Waals surface area contributed by atoms with Crippen LogP contribution in [0.3, 0.4) is 0 Å². The van der Waals surface area contributed by atoms with Gasteiger partial charge in [-0.2, -0.15) is 0 Å². The van der Waals surface area contributed by atoms with Crippen LogP contribution in [0.2, 0.25) is 0 Å². The SMILES string of the molecule is CCC(C)(C)C(Cc1ccnc2ccccc12)NC. The molecular formula is C17H24N2. The van der Waals surface area contributed by atoms with E-state index >= 15 is 0 Å². The van der Waals surface area contributed by atoms with Gasteiger partial charge in [0.25, 0.3) is 0 Å². The number of nitrogens with zero attached hydrogens (tertiary/aromatic N) is 1. The van der Waals surface area contributed by atoms with Crippen LogP contribution in [-0.4, -0.2) is 18.1 Å². The Bertz CT molecular complexity index is 540. The highest BCUT2D eigenvalue weighted by Crippen LogP contribution is 2.28. The highest BCUT2D eigenvalue weighted by Gasteiger charge is 2.26. The summed E-state index contributed by atoms with van der Waals surface area (Å²) in [4.78, 5) is 4.44. The predicted octanol–water partition coefficient (Wildman–Crippen LogP) is 3.80. The van der Waals surface area contributed by atoms with Gasteiger partial charge in [-0.3, -0.25) is 4.98 Å². The lowest BCUT2D eigenvalue weighted by molar-refractivity contribution is 0.241. The summed E-state index contributed by atoms with van der Waals surface area (Å²) in [5, 5.41) is 4.76. The number of hydrogen-bond acceptors (Lipinski definition) is 2. The fraction of sp³-hybridized carbons (Fsp3) is 0.471. The lowest BCUT2D eigenvalue weighted by Crippen LogP contribution is -2.41. The zero-order chi connectivity index (χ0) is 13.9. The minimum atomic E-state index is 0.291. The zero-order valence-corrected chi connectivity index (χ0v) is 12.4. The zero-order valence-electron chi connectivity index (χ0n) is 12.4. The quantitative estimate of drug-likeness (QED) is 0.880. The number of nitrogens with one attached hydrogen (secondary N) is 1. The van der Waals surface area contributed by atoms with Gasteiger partial charge in [0.05, 0.1) is 5.52 Å². The number of rotatable bonds is 5. The smallest absolute Gasteiger partial charge is 0.0704 e. The van der Waals surface area contributed by atoms with Crippen molar-refractivity contribution in [3.05, 3.63) is 42.1 Å². The van der Waals surface area contributed by atoms with Crippen LogP contribution in [0.1, 0.15) is 32.8 Å². The monoisotopic (exact) mass is 256 g/mol. The summed E-state index contributed by atoms with van der Waals surface area (Å²) < 4.78 is 0. The molecule has 0 bridgehead atoms. The Labute approximate surface area is 116 Å². The largest absolute Gasteiger partial charge is 0.316 e. The Morgan fingerprint density at radius 3 is 2.63 bits per heavy atom. The van der Waals surface area contributed by atoms with E-state index in [2.05, 4.69) is 62.4 Å². The first kappa shape index (κ1) is 14.0. The van der Waals surface area contributed by atoms with Crippen molar-refractivity contribution in [2.45, 2.75) is 39.7 Å². The highest BCUT2D eigenvalue weighted by molar-refractivity contribution is 5.81. The summed E-state index contributed by atoms with van der Waals surface area (Å²) in [6, 6.07) is 11.0. The molecule has 1 aromatic heterocycles. The lowest BCUT2D eigenvalue weighted by Gasteiger charge is -2.33. The molecule has 19 heavy (non-hydrogen) atoms. The predicted molar refractivity (Wildman–Crippen MR) is 82.4 cm³/mol. The van der Waals surface area contributed by atoms with Gasteiger partial charge in [-0.05, 0) is 43.0 Å². The van der Waals surface area contributed by atoms with Gasteiger partial charge < -0.3 is 5.32 Å². The second-order valence-corrected chi connectivity index (χ2v) is 5.87. The first-order valence-electron chi connectivity index (χ1n) is 7.08. The van der Waals surface area contributed by atoms with E-state index < -0.39 is 0 Å². The van der Waals surface area contributed by atoms with E-state index in [1.807, 2.05) is 12.3 Å². The van der Waals surface area contributed by atoms with Crippen LogP contribution in [0.5, 0.6) is 0 Å². The number of hydrogen-bond donors (Lipinski definition) is 1. The number of para-hydroxylation sites is 1. The molecule has 2 rings (SSSR count). The fourth-order valence-electron chi connectivity index (χ4n) is 2.57. The average Bonchev–Trinajstić information content (AvgIpc) is 2.44. The van der Waals surface area contributed by atoms with Gasteiger partial charge >= 0.3 is 0 Å². The average molecular weight is 256 g/mol. The molecule has 0 amide bonds. The van der Waals surface area contributed by atoms with Crippen molar-refractivity contribution in [1.29, 1.82) is 0 Å². The van der Waals surface area contributed by atoms with Crippen LogP contribution in [0, 0.1) is 5.41 Å². The Morgan fingerprint density at radius 2 is 1.95 bits per heavy atom. The summed E-state index contributed by atoms with van der Waals surface area (Å²) in [6.45, 7) is 6.92. The van der Waals surface area contributed by atoms with Gasteiger partial charge in [0.2, 0.25) is 0 Å². The second-order valence-electron chi connectivity index (χ2n) is 5.87. The Hall–Kier alpha value is -1.41. The van der Waals surface area contributed by atoms with E-state index in [1.54, 1.807) is 0 Å². The topological polar surface area (TPSA) is 24.9 Å². The summed E-state index contributed by atoms with van der Waals surface area (Å²) in [5.74, 6) is 0. The Morgan fingerprint density at radius 1 is 1.21 bits per heavy atom.